The molecule has 8 heteroatoms. The van der Waals surface area contributed by atoms with Gasteiger partial charge in [-0.15, -0.1) is 0 Å². The zero-order valence-electron chi connectivity index (χ0n) is 14.1. The number of nitrogens with one attached hydrogen (secondary N) is 1. The van der Waals surface area contributed by atoms with Gasteiger partial charge in [-0.1, -0.05) is 29.8 Å². The molecule has 1 aliphatic rings. The van der Waals surface area contributed by atoms with Crippen molar-refractivity contribution in [2.75, 3.05) is 26.3 Å². The van der Waals surface area contributed by atoms with E-state index in [1.54, 1.807) is 30.3 Å². The Bertz CT molecular complexity index is 853. The molecule has 0 unspecified atom stereocenters. The molecule has 0 bridgehead atoms. The second-order valence-electron chi connectivity index (χ2n) is 6.01. The van der Waals surface area contributed by atoms with Crippen molar-refractivity contribution in [1.82, 2.24) is 9.62 Å². The quantitative estimate of drug-likeness (QED) is 0.812. The maximum absolute atomic E-state index is 13.4. The van der Waals surface area contributed by atoms with Gasteiger partial charge in [-0.3, -0.25) is 0 Å². The van der Waals surface area contributed by atoms with Crippen molar-refractivity contribution in [2.24, 2.45) is 0 Å². The minimum absolute atomic E-state index is 0.103. The van der Waals surface area contributed by atoms with Crippen LogP contribution in [0.25, 0.3) is 0 Å². The molecular formula is C18H20ClFN2O3S. The summed E-state index contributed by atoms with van der Waals surface area (Å²) in [6, 6.07) is 11.5. The summed E-state index contributed by atoms with van der Waals surface area (Å²) in [6.45, 7) is 2.63. The average molecular weight is 399 g/mol. The fourth-order valence-corrected chi connectivity index (χ4v) is 4.24. The Morgan fingerprint density at radius 3 is 2.31 bits per heavy atom. The molecule has 0 aliphatic carbocycles. The number of nitrogens with zero attached hydrogens (tertiary/aromatic N) is 1. The van der Waals surface area contributed by atoms with E-state index in [2.05, 4.69) is 5.32 Å². The summed E-state index contributed by atoms with van der Waals surface area (Å²) in [6.07, 6.45) is 0. The Balaban J connectivity index is 1.58. The molecule has 0 atom stereocenters. The van der Waals surface area contributed by atoms with Gasteiger partial charge in [0, 0.05) is 26.2 Å². The van der Waals surface area contributed by atoms with Gasteiger partial charge < -0.3 is 10.1 Å². The summed E-state index contributed by atoms with van der Waals surface area (Å²) in [4.78, 5) is 0.280. The van der Waals surface area contributed by atoms with Gasteiger partial charge in [0.05, 0.1) is 23.1 Å². The van der Waals surface area contributed by atoms with Gasteiger partial charge in [0.1, 0.15) is 5.82 Å². The summed E-state index contributed by atoms with van der Waals surface area (Å²) in [7, 11) is -3.47. The normalized spacial score (nSPS) is 15.9. The lowest BCUT2D eigenvalue weighted by atomic mass is 10.2. The maximum Gasteiger partial charge on any atom is 0.243 e. The molecule has 3 rings (SSSR count). The number of hydrogen-bond acceptors (Lipinski definition) is 4. The minimum Gasteiger partial charge on any atom is -0.379 e. The number of morpholine rings is 1. The molecule has 2 aromatic rings. The van der Waals surface area contributed by atoms with E-state index in [-0.39, 0.29) is 9.92 Å². The molecule has 0 spiro atoms. The van der Waals surface area contributed by atoms with Gasteiger partial charge in [0.25, 0.3) is 0 Å². The van der Waals surface area contributed by atoms with Gasteiger partial charge in [0.2, 0.25) is 10.0 Å². The first-order valence-electron chi connectivity index (χ1n) is 8.28. The molecule has 26 heavy (non-hydrogen) atoms. The molecule has 0 radical (unpaired) electrons. The van der Waals surface area contributed by atoms with E-state index < -0.39 is 15.8 Å². The van der Waals surface area contributed by atoms with Crippen LogP contribution < -0.4 is 5.32 Å². The van der Waals surface area contributed by atoms with Crippen molar-refractivity contribution in [3.8, 4) is 0 Å². The summed E-state index contributed by atoms with van der Waals surface area (Å²) in [5, 5.41) is 3.30. The lowest BCUT2D eigenvalue weighted by Gasteiger charge is -2.26. The van der Waals surface area contributed by atoms with E-state index in [9.17, 15) is 12.8 Å². The van der Waals surface area contributed by atoms with Gasteiger partial charge in [-0.05, 0) is 35.4 Å². The van der Waals surface area contributed by atoms with Crippen molar-refractivity contribution in [3.63, 3.8) is 0 Å². The number of sulfonamides is 1. The summed E-state index contributed by atoms with van der Waals surface area (Å²) in [5.41, 5.74) is 1.73. The van der Waals surface area contributed by atoms with E-state index in [4.69, 9.17) is 16.3 Å². The number of benzene rings is 2. The van der Waals surface area contributed by atoms with Crippen molar-refractivity contribution in [1.29, 1.82) is 0 Å². The van der Waals surface area contributed by atoms with E-state index in [1.807, 2.05) is 0 Å². The Morgan fingerprint density at radius 2 is 1.65 bits per heavy atom. The smallest absolute Gasteiger partial charge is 0.243 e. The molecule has 1 saturated heterocycles. The summed E-state index contributed by atoms with van der Waals surface area (Å²) < 4.78 is 45.2. The van der Waals surface area contributed by atoms with Gasteiger partial charge in [-0.2, -0.15) is 4.31 Å². The summed E-state index contributed by atoms with van der Waals surface area (Å²) >= 11 is 5.66. The Kier molecular flexibility index (Phi) is 6.26. The van der Waals surface area contributed by atoms with Crippen molar-refractivity contribution in [2.45, 2.75) is 18.0 Å². The van der Waals surface area contributed by atoms with Crippen LogP contribution in [-0.4, -0.2) is 39.0 Å². The van der Waals surface area contributed by atoms with Gasteiger partial charge in [-0.25, -0.2) is 12.8 Å². The zero-order chi connectivity index (χ0) is 18.6. The number of rotatable bonds is 6. The molecule has 5 nitrogen and oxygen atoms in total. The van der Waals surface area contributed by atoms with Crippen LogP contribution >= 0.6 is 11.6 Å². The van der Waals surface area contributed by atoms with Crippen molar-refractivity contribution < 1.29 is 17.5 Å². The highest BCUT2D eigenvalue weighted by Crippen LogP contribution is 2.18. The first kappa shape index (κ1) is 19.3. The molecule has 1 fully saturated rings. The Hall–Kier alpha value is -1.51. The monoisotopic (exact) mass is 398 g/mol. The number of hydrogen-bond donors (Lipinski definition) is 1. The van der Waals surface area contributed by atoms with Crippen LogP contribution in [0.4, 0.5) is 4.39 Å². The fourth-order valence-electron chi connectivity index (χ4n) is 2.72. The van der Waals surface area contributed by atoms with Gasteiger partial charge >= 0.3 is 0 Å². The van der Waals surface area contributed by atoms with Crippen LogP contribution in [0.3, 0.4) is 0 Å². The molecule has 1 heterocycles. The Morgan fingerprint density at radius 1 is 1.04 bits per heavy atom. The minimum atomic E-state index is -3.47. The molecule has 1 N–H and O–H groups in total. The zero-order valence-corrected chi connectivity index (χ0v) is 15.7. The standard InChI is InChI=1S/C18H20ClFN2O3S/c19-17-6-3-15(11-18(17)20)13-21-12-14-1-4-16(5-2-14)26(23,24)22-7-9-25-10-8-22/h1-6,11,21H,7-10,12-13H2. The van der Waals surface area contributed by atoms with Crippen LogP contribution in [0, 0.1) is 5.82 Å². The highest BCUT2D eigenvalue weighted by molar-refractivity contribution is 7.89. The van der Waals surface area contributed by atoms with Crippen LogP contribution in [0.5, 0.6) is 0 Å². The molecule has 0 aromatic heterocycles. The van der Waals surface area contributed by atoms with Gasteiger partial charge in [0.15, 0.2) is 0 Å². The van der Waals surface area contributed by atoms with E-state index in [1.165, 1.54) is 16.4 Å². The highest BCUT2D eigenvalue weighted by Gasteiger charge is 2.25. The third-order valence-corrected chi connectivity index (χ3v) is 6.39. The number of ether oxygens (including phenoxy) is 1. The maximum atomic E-state index is 13.4. The third kappa shape index (κ3) is 4.61. The molecule has 0 amide bonds. The van der Waals surface area contributed by atoms with E-state index in [0.29, 0.717) is 39.4 Å². The Labute approximate surface area is 157 Å². The highest BCUT2D eigenvalue weighted by atomic mass is 35.5. The van der Waals surface area contributed by atoms with Crippen LogP contribution in [0.15, 0.2) is 47.4 Å². The van der Waals surface area contributed by atoms with Crippen LogP contribution in [-0.2, 0) is 27.8 Å². The average Bonchev–Trinajstić information content (AvgIpc) is 2.66. The first-order chi connectivity index (χ1) is 12.5. The van der Waals surface area contributed by atoms with E-state index >= 15 is 0 Å². The lowest BCUT2D eigenvalue weighted by Crippen LogP contribution is -2.40. The SMILES string of the molecule is O=S(=O)(c1ccc(CNCc2ccc(Cl)c(F)c2)cc1)N1CCOCC1. The van der Waals surface area contributed by atoms with E-state index in [0.717, 1.165) is 11.1 Å². The topological polar surface area (TPSA) is 58.6 Å². The molecule has 140 valence electrons. The second kappa shape index (κ2) is 8.45. The first-order valence-corrected chi connectivity index (χ1v) is 10.1. The van der Waals surface area contributed by atoms with Crippen molar-refractivity contribution >= 4 is 21.6 Å². The lowest BCUT2D eigenvalue weighted by molar-refractivity contribution is 0.0730. The molecule has 1 aliphatic heterocycles. The predicted octanol–water partition coefficient (Wildman–Crippen LogP) is 2.79. The number of halogens is 2. The fraction of sp³-hybridized carbons (Fsp3) is 0.333. The van der Waals surface area contributed by atoms with Crippen LogP contribution in [0.2, 0.25) is 5.02 Å². The van der Waals surface area contributed by atoms with Crippen LogP contribution in [0.1, 0.15) is 11.1 Å². The second-order valence-corrected chi connectivity index (χ2v) is 8.36. The molecular weight excluding hydrogens is 379 g/mol. The largest absolute Gasteiger partial charge is 0.379 e. The summed E-state index contributed by atoms with van der Waals surface area (Å²) in [5.74, 6) is -0.441. The molecule has 2 aromatic carbocycles. The predicted molar refractivity (Wildman–Crippen MR) is 98.0 cm³/mol. The molecule has 0 saturated carbocycles. The van der Waals surface area contributed by atoms with Crippen molar-refractivity contribution in [3.05, 3.63) is 64.4 Å². The third-order valence-electron chi connectivity index (χ3n) is 4.17.